The van der Waals surface area contributed by atoms with Crippen LogP contribution in [0.4, 0.5) is 16.2 Å². The van der Waals surface area contributed by atoms with Crippen molar-refractivity contribution in [2.24, 2.45) is 0 Å². The van der Waals surface area contributed by atoms with Gasteiger partial charge in [-0.1, -0.05) is 6.07 Å². The summed E-state index contributed by atoms with van der Waals surface area (Å²) >= 11 is 0. The molecule has 4 rings (SSSR count). The number of para-hydroxylation sites is 1. The third-order valence-corrected chi connectivity index (χ3v) is 5.72. The highest BCUT2D eigenvalue weighted by atomic mass is 16.5. The van der Waals surface area contributed by atoms with Crippen LogP contribution in [0.5, 0.6) is 17.2 Å². The van der Waals surface area contributed by atoms with Crippen molar-refractivity contribution in [1.29, 1.82) is 0 Å². The van der Waals surface area contributed by atoms with E-state index in [-0.39, 0.29) is 11.9 Å². The van der Waals surface area contributed by atoms with Crippen LogP contribution >= 0.6 is 0 Å². The molecule has 2 aromatic carbocycles. The number of methoxy groups -OCH3 is 2. The van der Waals surface area contributed by atoms with Gasteiger partial charge in [-0.2, -0.15) is 0 Å². The summed E-state index contributed by atoms with van der Waals surface area (Å²) in [4.78, 5) is 27.8. The summed E-state index contributed by atoms with van der Waals surface area (Å²) in [5, 5.41) is 5.55. The summed E-state index contributed by atoms with van der Waals surface area (Å²) in [6.45, 7) is 1.33. The highest BCUT2D eigenvalue weighted by Gasteiger charge is 2.31. The Labute approximate surface area is 181 Å². The number of nitrogens with one attached hydrogen (secondary N) is 2. The van der Waals surface area contributed by atoms with E-state index in [9.17, 15) is 9.59 Å². The quantitative estimate of drug-likeness (QED) is 0.769. The number of nitrogens with zero attached hydrogens (tertiary/aromatic N) is 1. The number of piperidine rings is 1. The van der Waals surface area contributed by atoms with Crippen LogP contribution in [0, 0.1) is 0 Å². The number of anilines is 2. The fraction of sp³-hybridized carbons (Fsp3) is 0.391. The predicted molar refractivity (Wildman–Crippen MR) is 117 cm³/mol. The van der Waals surface area contributed by atoms with Gasteiger partial charge < -0.3 is 29.7 Å². The van der Waals surface area contributed by atoms with Gasteiger partial charge in [0, 0.05) is 24.7 Å². The summed E-state index contributed by atoms with van der Waals surface area (Å²) in [7, 11) is 3.04. The van der Waals surface area contributed by atoms with Crippen LogP contribution in [0.2, 0.25) is 0 Å². The molecule has 0 radical (unpaired) electrons. The second kappa shape index (κ2) is 9.16. The van der Waals surface area contributed by atoms with E-state index < -0.39 is 6.03 Å². The number of carbonyl (C=O) groups excluding carboxylic acids is 2. The van der Waals surface area contributed by atoms with E-state index in [1.54, 1.807) is 36.4 Å². The van der Waals surface area contributed by atoms with Crippen molar-refractivity contribution in [3.63, 3.8) is 0 Å². The lowest BCUT2D eigenvalue weighted by Crippen LogP contribution is -2.45. The second-order valence-electron chi connectivity index (χ2n) is 7.62. The molecule has 164 valence electrons. The molecule has 3 amide bonds. The molecule has 31 heavy (non-hydrogen) atoms. The molecule has 1 saturated heterocycles. The molecule has 1 unspecified atom stereocenters. The van der Waals surface area contributed by atoms with Crippen LogP contribution in [0.1, 0.15) is 36.0 Å². The van der Waals surface area contributed by atoms with Crippen molar-refractivity contribution in [3.05, 3.63) is 42.0 Å². The van der Waals surface area contributed by atoms with Crippen molar-refractivity contribution in [2.75, 3.05) is 38.0 Å². The first-order valence-corrected chi connectivity index (χ1v) is 10.5. The van der Waals surface area contributed by atoms with E-state index in [0.29, 0.717) is 40.8 Å². The Morgan fingerprint density at radius 1 is 1.10 bits per heavy atom. The number of carbonyl (C=O) groups is 2. The molecule has 0 bridgehead atoms. The van der Waals surface area contributed by atoms with E-state index in [4.69, 9.17) is 14.2 Å². The van der Waals surface area contributed by atoms with Crippen LogP contribution in [0.15, 0.2) is 36.4 Å². The Balaban J connectivity index is 1.53. The Bertz CT molecular complexity index is 978. The maximum absolute atomic E-state index is 13.2. The third-order valence-electron chi connectivity index (χ3n) is 5.72. The number of hydrogen-bond acceptors (Lipinski definition) is 5. The smallest absolute Gasteiger partial charge is 0.323 e. The lowest BCUT2D eigenvalue weighted by Gasteiger charge is -2.37. The molecule has 1 fully saturated rings. The monoisotopic (exact) mass is 425 g/mol. The van der Waals surface area contributed by atoms with Crippen LogP contribution < -0.4 is 24.8 Å². The molecule has 2 N–H and O–H groups in total. The number of fused-ring (bicyclic) bond motifs is 2. The van der Waals surface area contributed by atoms with Crippen molar-refractivity contribution >= 4 is 23.3 Å². The molecule has 2 aliphatic rings. The van der Waals surface area contributed by atoms with E-state index >= 15 is 0 Å². The van der Waals surface area contributed by atoms with Crippen molar-refractivity contribution in [3.8, 4) is 17.2 Å². The zero-order chi connectivity index (χ0) is 21.8. The zero-order valence-corrected chi connectivity index (χ0v) is 17.8. The number of urea groups is 1. The topological polar surface area (TPSA) is 89.1 Å². The maximum atomic E-state index is 13.2. The van der Waals surface area contributed by atoms with Gasteiger partial charge in [0.25, 0.3) is 5.91 Å². The first-order valence-electron chi connectivity index (χ1n) is 10.5. The summed E-state index contributed by atoms with van der Waals surface area (Å²) < 4.78 is 16.5. The summed E-state index contributed by atoms with van der Waals surface area (Å²) in [6.07, 6.45) is 4.00. The van der Waals surface area contributed by atoms with E-state index in [1.165, 1.54) is 14.2 Å². The number of hydrogen-bond donors (Lipinski definition) is 2. The average Bonchev–Trinajstić information content (AvgIpc) is 2.78. The minimum atomic E-state index is -0.457. The molecule has 2 aromatic rings. The normalized spacial score (nSPS) is 17.9. The average molecular weight is 425 g/mol. The SMILES string of the molecule is COc1cccc(NC(=O)Nc2ccc3c(c2)C(=O)N2CCCCC2CCO3)c1OC. The zero-order valence-electron chi connectivity index (χ0n) is 17.8. The molecule has 8 nitrogen and oxygen atoms in total. The highest BCUT2D eigenvalue weighted by molar-refractivity contribution is 6.03. The van der Waals surface area contributed by atoms with Crippen LogP contribution in [0.25, 0.3) is 0 Å². The molecule has 2 heterocycles. The van der Waals surface area contributed by atoms with Crippen LogP contribution in [-0.2, 0) is 0 Å². The van der Waals surface area contributed by atoms with Crippen molar-refractivity contribution in [1.82, 2.24) is 4.90 Å². The fourth-order valence-electron chi connectivity index (χ4n) is 4.20. The molecule has 0 spiro atoms. The standard InChI is InChI=1S/C23H27N3O5/c1-29-20-8-5-7-18(21(20)30-2)25-23(28)24-15-9-10-19-17(14-15)22(27)26-12-4-3-6-16(26)11-13-31-19/h5,7-10,14,16H,3-4,6,11-13H2,1-2H3,(H2,24,25,28). The Hall–Kier alpha value is -3.42. The molecule has 0 aromatic heterocycles. The molecular weight excluding hydrogens is 398 g/mol. The molecule has 0 saturated carbocycles. The van der Waals surface area contributed by atoms with E-state index in [0.717, 1.165) is 32.2 Å². The van der Waals surface area contributed by atoms with Gasteiger partial charge in [0.15, 0.2) is 11.5 Å². The molecule has 0 aliphatic carbocycles. The van der Waals surface area contributed by atoms with Crippen molar-refractivity contribution < 1.29 is 23.8 Å². The first-order chi connectivity index (χ1) is 15.1. The third kappa shape index (κ3) is 4.38. The van der Waals surface area contributed by atoms with Gasteiger partial charge in [0.2, 0.25) is 0 Å². The van der Waals surface area contributed by atoms with Gasteiger partial charge in [-0.3, -0.25) is 4.79 Å². The largest absolute Gasteiger partial charge is 0.493 e. The fourth-order valence-corrected chi connectivity index (χ4v) is 4.20. The van der Waals surface area contributed by atoms with Gasteiger partial charge in [-0.05, 0) is 49.6 Å². The van der Waals surface area contributed by atoms with Gasteiger partial charge in [0.05, 0.1) is 32.1 Å². The summed E-state index contributed by atoms with van der Waals surface area (Å²) in [6, 6.07) is 10.1. The Kier molecular flexibility index (Phi) is 6.16. The molecule has 1 atom stereocenters. The van der Waals surface area contributed by atoms with E-state index in [1.807, 2.05) is 4.90 Å². The number of ether oxygens (including phenoxy) is 3. The van der Waals surface area contributed by atoms with Gasteiger partial charge >= 0.3 is 6.03 Å². The van der Waals surface area contributed by atoms with Crippen molar-refractivity contribution in [2.45, 2.75) is 31.7 Å². The molecule has 8 heteroatoms. The van der Waals surface area contributed by atoms with Crippen LogP contribution in [0.3, 0.4) is 0 Å². The maximum Gasteiger partial charge on any atom is 0.323 e. The lowest BCUT2D eigenvalue weighted by molar-refractivity contribution is 0.0548. The highest BCUT2D eigenvalue weighted by Crippen LogP contribution is 2.35. The number of rotatable bonds is 4. The first kappa shape index (κ1) is 20.8. The lowest BCUT2D eigenvalue weighted by atomic mass is 9.97. The summed E-state index contributed by atoms with van der Waals surface area (Å²) in [5.41, 5.74) is 1.45. The molecular formula is C23H27N3O5. The van der Waals surface area contributed by atoms with Gasteiger partial charge in [0.1, 0.15) is 5.75 Å². The minimum Gasteiger partial charge on any atom is -0.493 e. The number of amides is 3. The van der Waals surface area contributed by atoms with Gasteiger partial charge in [-0.25, -0.2) is 4.79 Å². The Morgan fingerprint density at radius 2 is 1.97 bits per heavy atom. The number of benzene rings is 2. The second-order valence-corrected chi connectivity index (χ2v) is 7.62. The molecule has 2 aliphatic heterocycles. The minimum absolute atomic E-state index is 0.0436. The Morgan fingerprint density at radius 3 is 2.77 bits per heavy atom. The van der Waals surface area contributed by atoms with E-state index in [2.05, 4.69) is 10.6 Å². The van der Waals surface area contributed by atoms with Crippen LogP contribution in [-0.4, -0.2) is 50.3 Å². The predicted octanol–water partition coefficient (Wildman–Crippen LogP) is 4.13. The summed E-state index contributed by atoms with van der Waals surface area (Å²) in [5.74, 6) is 1.45. The van der Waals surface area contributed by atoms with Gasteiger partial charge in [-0.15, -0.1) is 0 Å².